The molecule has 0 bridgehead atoms. The van der Waals surface area contributed by atoms with Crippen molar-refractivity contribution in [2.45, 2.75) is 39.2 Å². The Morgan fingerprint density at radius 1 is 1.41 bits per heavy atom. The predicted octanol–water partition coefficient (Wildman–Crippen LogP) is 0.698. The molecule has 0 aromatic carbocycles. The van der Waals surface area contributed by atoms with Gasteiger partial charge in [-0.3, -0.25) is 9.59 Å². The van der Waals surface area contributed by atoms with Gasteiger partial charge in [0.15, 0.2) is 0 Å². The third-order valence-corrected chi connectivity index (χ3v) is 2.61. The molecule has 0 radical (unpaired) electrons. The fourth-order valence-electron chi connectivity index (χ4n) is 1.69. The Balaban J connectivity index is 2.31. The fraction of sp³-hybridized carbons (Fsp3) is 0.833. The van der Waals surface area contributed by atoms with Crippen LogP contribution in [0, 0.1) is 5.92 Å². The quantitative estimate of drug-likeness (QED) is 0.657. The van der Waals surface area contributed by atoms with E-state index in [-0.39, 0.29) is 18.4 Å². The van der Waals surface area contributed by atoms with Gasteiger partial charge in [0, 0.05) is 25.6 Å². The Bertz CT molecular complexity index is 275. The number of rotatable bonds is 8. The van der Waals surface area contributed by atoms with Crippen LogP contribution in [0.4, 0.5) is 0 Å². The van der Waals surface area contributed by atoms with Crippen LogP contribution in [0.1, 0.15) is 33.1 Å². The van der Waals surface area contributed by atoms with E-state index in [0.29, 0.717) is 25.6 Å². The molecule has 1 rings (SSSR count). The number of aliphatic carboxylic acids is 1. The largest absolute Gasteiger partial charge is 0.480 e. The van der Waals surface area contributed by atoms with E-state index in [1.54, 1.807) is 0 Å². The van der Waals surface area contributed by atoms with Gasteiger partial charge in [-0.05, 0) is 18.8 Å². The maximum absolute atomic E-state index is 11.8. The summed E-state index contributed by atoms with van der Waals surface area (Å²) < 4.78 is 0. The molecule has 98 valence electrons. The van der Waals surface area contributed by atoms with E-state index < -0.39 is 5.97 Å². The standard InChI is InChI=1S/C12H22N2O3/c1-9(2)7-14(8-12(16)17)11(15)5-6-13-10-3-4-10/h9-10,13H,3-8H2,1-2H3,(H,16,17). The summed E-state index contributed by atoms with van der Waals surface area (Å²) in [6, 6.07) is 0.584. The molecule has 17 heavy (non-hydrogen) atoms. The summed E-state index contributed by atoms with van der Waals surface area (Å²) in [6.45, 7) is 4.92. The first kappa shape index (κ1) is 14.0. The van der Waals surface area contributed by atoms with E-state index in [4.69, 9.17) is 5.11 Å². The van der Waals surface area contributed by atoms with Crippen LogP contribution in [0.3, 0.4) is 0 Å². The molecular formula is C12H22N2O3. The van der Waals surface area contributed by atoms with Gasteiger partial charge in [0.2, 0.25) is 5.91 Å². The first-order valence-electron chi connectivity index (χ1n) is 6.22. The molecule has 0 aromatic heterocycles. The van der Waals surface area contributed by atoms with Gasteiger partial charge < -0.3 is 15.3 Å². The van der Waals surface area contributed by atoms with Crippen molar-refractivity contribution in [3.63, 3.8) is 0 Å². The topological polar surface area (TPSA) is 69.6 Å². The number of hydrogen-bond donors (Lipinski definition) is 2. The highest BCUT2D eigenvalue weighted by molar-refractivity contribution is 5.81. The molecule has 5 heteroatoms. The van der Waals surface area contributed by atoms with E-state index >= 15 is 0 Å². The Morgan fingerprint density at radius 2 is 2.06 bits per heavy atom. The molecule has 5 nitrogen and oxygen atoms in total. The lowest BCUT2D eigenvalue weighted by molar-refractivity contribution is -0.144. The maximum atomic E-state index is 11.8. The van der Waals surface area contributed by atoms with Crippen molar-refractivity contribution in [1.82, 2.24) is 10.2 Å². The maximum Gasteiger partial charge on any atom is 0.323 e. The summed E-state index contributed by atoms with van der Waals surface area (Å²) in [5.74, 6) is -0.738. The second kappa shape index (κ2) is 6.59. The van der Waals surface area contributed by atoms with Crippen LogP contribution in [-0.4, -0.2) is 47.6 Å². The van der Waals surface area contributed by atoms with Crippen LogP contribution in [0.2, 0.25) is 0 Å². The van der Waals surface area contributed by atoms with Gasteiger partial charge >= 0.3 is 5.97 Å². The lowest BCUT2D eigenvalue weighted by atomic mass is 10.2. The molecule has 2 N–H and O–H groups in total. The van der Waals surface area contributed by atoms with Gasteiger partial charge in [0.1, 0.15) is 6.54 Å². The molecule has 0 saturated heterocycles. The van der Waals surface area contributed by atoms with Crippen LogP contribution >= 0.6 is 0 Å². The first-order valence-corrected chi connectivity index (χ1v) is 6.22. The van der Waals surface area contributed by atoms with Crippen LogP contribution in [-0.2, 0) is 9.59 Å². The third-order valence-electron chi connectivity index (χ3n) is 2.61. The molecule has 1 fully saturated rings. The van der Waals surface area contributed by atoms with Gasteiger partial charge in [-0.15, -0.1) is 0 Å². The summed E-state index contributed by atoms with van der Waals surface area (Å²) in [4.78, 5) is 23.9. The fourth-order valence-corrected chi connectivity index (χ4v) is 1.69. The van der Waals surface area contributed by atoms with Crippen LogP contribution in [0.25, 0.3) is 0 Å². The first-order chi connectivity index (χ1) is 7.99. The van der Waals surface area contributed by atoms with Crippen molar-refractivity contribution < 1.29 is 14.7 Å². The Kier molecular flexibility index (Phi) is 5.41. The minimum atomic E-state index is -0.950. The number of carboxylic acids is 1. The van der Waals surface area contributed by atoms with E-state index in [0.717, 1.165) is 0 Å². The van der Waals surface area contributed by atoms with Crippen molar-refractivity contribution in [2.24, 2.45) is 5.92 Å². The number of amides is 1. The highest BCUT2D eigenvalue weighted by Gasteiger charge is 2.22. The van der Waals surface area contributed by atoms with E-state index in [1.165, 1.54) is 17.7 Å². The molecule has 0 unspecified atom stereocenters. The molecule has 0 atom stereocenters. The third kappa shape index (κ3) is 6.26. The van der Waals surface area contributed by atoms with Crippen molar-refractivity contribution in [2.75, 3.05) is 19.6 Å². The van der Waals surface area contributed by atoms with Crippen molar-refractivity contribution in [3.8, 4) is 0 Å². The number of carbonyl (C=O) groups is 2. The van der Waals surface area contributed by atoms with Crippen LogP contribution in [0.15, 0.2) is 0 Å². The van der Waals surface area contributed by atoms with Gasteiger partial charge in [-0.2, -0.15) is 0 Å². The average molecular weight is 242 g/mol. The number of nitrogens with one attached hydrogen (secondary N) is 1. The zero-order valence-electron chi connectivity index (χ0n) is 10.6. The minimum absolute atomic E-state index is 0.0748. The number of carbonyl (C=O) groups excluding carboxylic acids is 1. The number of hydrogen-bond acceptors (Lipinski definition) is 3. The summed E-state index contributed by atoms with van der Waals surface area (Å²) in [7, 11) is 0. The van der Waals surface area contributed by atoms with Crippen molar-refractivity contribution in [1.29, 1.82) is 0 Å². The van der Waals surface area contributed by atoms with Gasteiger partial charge in [-0.25, -0.2) is 0 Å². The molecule has 0 heterocycles. The molecule has 0 aliphatic heterocycles. The van der Waals surface area contributed by atoms with Crippen molar-refractivity contribution >= 4 is 11.9 Å². The zero-order valence-corrected chi connectivity index (χ0v) is 10.6. The lowest BCUT2D eigenvalue weighted by Crippen LogP contribution is -2.39. The Hall–Kier alpha value is -1.10. The molecule has 0 spiro atoms. The highest BCUT2D eigenvalue weighted by atomic mass is 16.4. The van der Waals surface area contributed by atoms with E-state index in [1.807, 2.05) is 13.8 Å². The Labute approximate surface area is 102 Å². The SMILES string of the molecule is CC(C)CN(CC(=O)O)C(=O)CCNC1CC1. The average Bonchev–Trinajstić information content (AvgIpc) is 2.99. The van der Waals surface area contributed by atoms with Crippen molar-refractivity contribution in [3.05, 3.63) is 0 Å². The smallest absolute Gasteiger partial charge is 0.323 e. The summed E-state index contributed by atoms with van der Waals surface area (Å²) in [5.41, 5.74) is 0. The Morgan fingerprint density at radius 3 is 2.53 bits per heavy atom. The summed E-state index contributed by atoms with van der Waals surface area (Å²) >= 11 is 0. The second-order valence-corrected chi connectivity index (χ2v) is 5.04. The van der Waals surface area contributed by atoms with Gasteiger partial charge in [-0.1, -0.05) is 13.8 Å². The number of nitrogens with zero attached hydrogens (tertiary/aromatic N) is 1. The van der Waals surface area contributed by atoms with Gasteiger partial charge in [0.25, 0.3) is 0 Å². The van der Waals surface area contributed by atoms with Gasteiger partial charge in [0.05, 0.1) is 0 Å². The summed E-state index contributed by atoms with van der Waals surface area (Å²) in [6.07, 6.45) is 2.77. The highest BCUT2D eigenvalue weighted by Crippen LogP contribution is 2.18. The second-order valence-electron chi connectivity index (χ2n) is 5.04. The van der Waals surface area contributed by atoms with Crippen LogP contribution < -0.4 is 5.32 Å². The molecule has 1 amide bonds. The molecule has 0 aromatic rings. The monoisotopic (exact) mass is 242 g/mol. The van der Waals surface area contributed by atoms with E-state index in [9.17, 15) is 9.59 Å². The zero-order chi connectivity index (χ0) is 12.8. The minimum Gasteiger partial charge on any atom is -0.480 e. The molecule has 1 aliphatic carbocycles. The predicted molar refractivity (Wildman–Crippen MR) is 64.7 cm³/mol. The number of carboxylic acid groups (broad SMARTS) is 1. The molecule has 1 aliphatic rings. The normalized spacial score (nSPS) is 15.0. The summed E-state index contributed by atoms with van der Waals surface area (Å²) in [5, 5.41) is 12.0. The molecule has 1 saturated carbocycles. The lowest BCUT2D eigenvalue weighted by Gasteiger charge is -2.22. The van der Waals surface area contributed by atoms with Crippen LogP contribution in [0.5, 0.6) is 0 Å². The molecular weight excluding hydrogens is 220 g/mol. The van der Waals surface area contributed by atoms with E-state index in [2.05, 4.69) is 5.32 Å².